The van der Waals surface area contributed by atoms with Gasteiger partial charge in [-0.25, -0.2) is 4.79 Å². The highest BCUT2D eigenvalue weighted by Gasteiger charge is 2.12. The zero-order chi connectivity index (χ0) is 16.9. The third-order valence-corrected chi connectivity index (χ3v) is 3.70. The summed E-state index contributed by atoms with van der Waals surface area (Å²) in [5.41, 5.74) is 1.18. The number of carbonyl (C=O) groups excluding carboxylic acids is 1. The number of nitrogens with zero attached hydrogens (tertiary/aromatic N) is 1. The summed E-state index contributed by atoms with van der Waals surface area (Å²) in [5.74, 6) is 0.868. The summed E-state index contributed by atoms with van der Waals surface area (Å²) in [7, 11) is 3.17. The van der Waals surface area contributed by atoms with E-state index < -0.39 is 0 Å². The normalized spacial score (nSPS) is 10.0. The monoisotopic (exact) mass is 359 g/mol. The minimum absolute atomic E-state index is 0. The van der Waals surface area contributed by atoms with E-state index in [1.54, 1.807) is 44.7 Å². The molecule has 0 fully saturated rings. The Morgan fingerprint density at radius 3 is 2.36 bits per heavy atom. The van der Waals surface area contributed by atoms with Gasteiger partial charge in [-0.15, -0.1) is 12.4 Å². The Balaban J connectivity index is 0.00000225. The van der Waals surface area contributed by atoms with Crippen LogP contribution in [-0.4, -0.2) is 25.2 Å². The van der Waals surface area contributed by atoms with E-state index in [2.05, 4.69) is 4.98 Å². The Hall–Kier alpha value is -2.79. The van der Waals surface area contributed by atoms with E-state index in [1.165, 1.54) is 0 Å². The average Bonchev–Trinajstić information content (AvgIpc) is 2.65. The van der Waals surface area contributed by atoms with E-state index >= 15 is 0 Å². The summed E-state index contributed by atoms with van der Waals surface area (Å²) in [6, 6.07) is 14.5. The molecule has 1 aromatic heterocycles. The number of aromatic nitrogens is 1. The van der Waals surface area contributed by atoms with Gasteiger partial charge in [0, 0.05) is 11.6 Å². The van der Waals surface area contributed by atoms with Crippen LogP contribution in [0.5, 0.6) is 11.5 Å². The molecule has 0 saturated carbocycles. The molecule has 0 saturated heterocycles. The zero-order valence-electron chi connectivity index (χ0n) is 13.9. The number of hydrogen-bond donors (Lipinski definition) is 0. The molecule has 0 bridgehead atoms. The van der Waals surface area contributed by atoms with Gasteiger partial charge < -0.3 is 14.2 Å². The molecule has 25 heavy (non-hydrogen) atoms. The lowest BCUT2D eigenvalue weighted by Crippen LogP contribution is -2.06. The van der Waals surface area contributed by atoms with Gasteiger partial charge in [-0.2, -0.15) is 0 Å². The maximum atomic E-state index is 12.1. The number of carbonyl (C=O) groups is 1. The number of methoxy groups -OCH3 is 2. The van der Waals surface area contributed by atoms with E-state index in [9.17, 15) is 4.79 Å². The number of fused-ring (bicyclic) bond motifs is 1. The van der Waals surface area contributed by atoms with Crippen LogP contribution in [0.2, 0.25) is 0 Å². The van der Waals surface area contributed by atoms with Crippen molar-refractivity contribution in [2.45, 2.75) is 6.61 Å². The fourth-order valence-electron chi connectivity index (χ4n) is 2.47. The number of rotatable bonds is 5. The van der Waals surface area contributed by atoms with Crippen molar-refractivity contribution in [3.8, 4) is 11.5 Å². The minimum Gasteiger partial charge on any atom is -0.493 e. The van der Waals surface area contributed by atoms with Crippen molar-refractivity contribution in [3.05, 3.63) is 66.0 Å². The lowest BCUT2D eigenvalue weighted by Gasteiger charge is -2.11. The van der Waals surface area contributed by atoms with Crippen molar-refractivity contribution in [2.75, 3.05) is 14.2 Å². The molecule has 1 heterocycles. The number of hydrogen-bond acceptors (Lipinski definition) is 5. The van der Waals surface area contributed by atoms with Gasteiger partial charge in [0.15, 0.2) is 11.5 Å². The smallest absolute Gasteiger partial charge is 0.338 e. The topological polar surface area (TPSA) is 57.7 Å². The predicted octanol–water partition coefficient (Wildman–Crippen LogP) is 4.03. The molecule has 0 atom stereocenters. The second kappa shape index (κ2) is 8.35. The van der Waals surface area contributed by atoms with Crippen LogP contribution in [0.3, 0.4) is 0 Å². The molecule has 2 aromatic carbocycles. The Bertz CT molecular complexity index is 868. The highest BCUT2D eigenvalue weighted by atomic mass is 35.5. The number of benzene rings is 2. The van der Waals surface area contributed by atoms with Gasteiger partial charge >= 0.3 is 5.97 Å². The van der Waals surface area contributed by atoms with E-state index in [4.69, 9.17) is 14.2 Å². The Morgan fingerprint density at radius 1 is 1.00 bits per heavy atom. The SMILES string of the molecule is COc1cc2ccnc(COC(=O)c3ccccc3)c2cc1OC.Cl. The third-order valence-electron chi connectivity index (χ3n) is 3.70. The molecule has 5 nitrogen and oxygen atoms in total. The lowest BCUT2D eigenvalue weighted by molar-refractivity contribution is 0.0469. The maximum absolute atomic E-state index is 12.1. The van der Waals surface area contributed by atoms with Gasteiger partial charge in [0.2, 0.25) is 0 Å². The van der Waals surface area contributed by atoms with Crippen LogP contribution in [0.15, 0.2) is 54.7 Å². The van der Waals surface area contributed by atoms with Crippen LogP contribution < -0.4 is 9.47 Å². The summed E-state index contributed by atoms with van der Waals surface area (Å²) < 4.78 is 16.0. The molecule has 0 N–H and O–H groups in total. The van der Waals surface area contributed by atoms with Crippen molar-refractivity contribution in [2.24, 2.45) is 0 Å². The van der Waals surface area contributed by atoms with Gasteiger partial charge in [0.25, 0.3) is 0 Å². The summed E-state index contributed by atoms with van der Waals surface area (Å²) >= 11 is 0. The van der Waals surface area contributed by atoms with E-state index in [1.807, 2.05) is 24.3 Å². The quantitative estimate of drug-likeness (QED) is 0.644. The van der Waals surface area contributed by atoms with Crippen LogP contribution in [-0.2, 0) is 11.3 Å². The molecule has 0 aliphatic carbocycles. The number of halogens is 1. The van der Waals surface area contributed by atoms with Crippen LogP contribution in [0.25, 0.3) is 10.8 Å². The fourth-order valence-corrected chi connectivity index (χ4v) is 2.47. The molecule has 3 rings (SSSR count). The molecule has 3 aromatic rings. The molecule has 0 unspecified atom stereocenters. The van der Waals surface area contributed by atoms with Crippen LogP contribution in [0, 0.1) is 0 Å². The first-order valence-electron chi connectivity index (χ1n) is 7.44. The van der Waals surface area contributed by atoms with E-state index in [0.29, 0.717) is 22.8 Å². The second-order valence-corrected chi connectivity index (χ2v) is 5.13. The lowest BCUT2D eigenvalue weighted by atomic mass is 10.1. The van der Waals surface area contributed by atoms with Crippen LogP contribution in [0.4, 0.5) is 0 Å². The largest absolute Gasteiger partial charge is 0.493 e. The molecule has 130 valence electrons. The Morgan fingerprint density at radius 2 is 1.68 bits per heavy atom. The van der Waals surface area contributed by atoms with Crippen molar-refractivity contribution in [1.82, 2.24) is 4.98 Å². The van der Waals surface area contributed by atoms with Gasteiger partial charge in [-0.3, -0.25) is 4.98 Å². The van der Waals surface area contributed by atoms with Gasteiger partial charge in [-0.1, -0.05) is 18.2 Å². The van der Waals surface area contributed by atoms with Crippen LogP contribution >= 0.6 is 12.4 Å². The number of ether oxygens (including phenoxy) is 3. The highest BCUT2D eigenvalue weighted by Crippen LogP contribution is 2.33. The molecule has 0 amide bonds. The van der Waals surface area contributed by atoms with E-state index in [-0.39, 0.29) is 25.0 Å². The van der Waals surface area contributed by atoms with Crippen molar-refractivity contribution in [3.63, 3.8) is 0 Å². The molecular weight excluding hydrogens is 342 g/mol. The average molecular weight is 360 g/mol. The zero-order valence-corrected chi connectivity index (χ0v) is 14.7. The first-order chi connectivity index (χ1) is 11.7. The van der Waals surface area contributed by atoms with Gasteiger partial charge in [0.1, 0.15) is 6.61 Å². The molecule has 0 aliphatic heterocycles. The summed E-state index contributed by atoms with van der Waals surface area (Å²) in [6.07, 6.45) is 1.68. The van der Waals surface area contributed by atoms with E-state index in [0.717, 1.165) is 10.8 Å². The standard InChI is InChI=1S/C19H17NO4.ClH/c1-22-17-10-14-8-9-20-16(15(14)11-18(17)23-2)12-24-19(21)13-6-4-3-5-7-13;/h3-11H,12H2,1-2H3;1H. The molecule has 0 radical (unpaired) electrons. The third kappa shape index (κ3) is 4.00. The maximum Gasteiger partial charge on any atom is 0.338 e. The number of pyridine rings is 1. The van der Waals surface area contributed by atoms with Crippen molar-refractivity contribution >= 4 is 29.1 Å². The summed E-state index contributed by atoms with van der Waals surface area (Å²) in [4.78, 5) is 16.4. The fraction of sp³-hybridized carbons (Fsp3) is 0.158. The van der Waals surface area contributed by atoms with Crippen molar-refractivity contribution in [1.29, 1.82) is 0 Å². The van der Waals surface area contributed by atoms with Crippen molar-refractivity contribution < 1.29 is 19.0 Å². The molecule has 0 aliphatic rings. The minimum atomic E-state index is -0.380. The predicted molar refractivity (Wildman–Crippen MR) is 97.7 cm³/mol. The molecule has 6 heteroatoms. The Labute approximate surface area is 152 Å². The first kappa shape index (κ1) is 18.5. The second-order valence-electron chi connectivity index (χ2n) is 5.13. The summed E-state index contributed by atoms with van der Waals surface area (Å²) in [6.45, 7) is 0.0839. The highest BCUT2D eigenvalue weighted by molar-refractivity contribution is 5.90. The van der Waals surface area contributed by atoms with Crippen LogP contribution in [0.1, 0.15) is 16.1 Å². The number of esters is 1. The summed E-state index contributed by atoms with van der Waals surface area (Å²) in [5, 5.41) is 1.80. The van der Waals surface area contributed by atoms with Gasteiger partial charge in [-0.05, 0) is 35.7 Å². The Kier molecular flexibility index (Phi) is 6.19. The molecular formula is C19H18ClNO4. The van der Waals surface area contributed by atoms with Gasteiger partial charge in [0.05, 0.1) is 25.5 Å². The first-order valence-corrected chi connectivity index (χ1v) is 7.44. The molecule has 0 spiro atoms.